The third-order valence-electron chi connectivity index (χ3n) is 5.52. The second kappa shape index (κ2) is 7.74. The summed E-state index contributed by atoms with van der Waals surface area (Å²) in [4.78, 5) is 0. The molecule has 10 unspecified atom stereocenters. The Kier molecular flexibility index (Phi) is 6.41. The Morgan fingerprint density at radius 2 is 1.52 bits per heavy atom. The molecule has 2 aliphatic heterocycles. The molecule has 136 valence electrons. The molecule has 4 N–H and O–H groups in total. The Balaban J connectivity index is 2.11. The molecule has 0 aromatic carbocycles. The van der Waals surface area contributed by atoms with Crippen molar-refractivity contribution >= 4 is 0 Å². The lowest BCUT2D eigenvalue weighted by Crippen LogP contribution is -2.61. The molecule has 7 nitrogen and oxygen atoms in total. The first kappa shape index (κ1) is 19.1. The summed E-state index contributed by atoms with van der Waals surface area (Å²) in [5, 5.41) is 39.3. The van der Waals surface area contributed by atoms with E-state index in [2.05, 4.69) is 13.8 Å². The molecule has 0 bridgehead atoms. The average molecular weight is 334 g/mol. The van der Waals surface area contributed by atoms with E-state index in [4.69, 9.17) is 14.2 Å². The standard InChI is InChI=1S/C16H30O7/c1-5-10-8(3)7(2)9(4)16(22-10)23-14-12(18)11(6-17)21-15(20)13(14)19/h7-20H,5-6H2,1-4H3. The maximum atomic E-state index is 10.2. The van der Waals surface area contributed by atoms with Crippen molar-refractivity contribution in [2.24, 2.45) is 17.8 Å². The van der Waals surface area contributed by atoms with Gasteiger partial charge in [0.1, 0.15) is 24.4 Å². The molecule has 0 spiro atoms. The number of rotatable bonds is 4. The van der Waals surface area contributed by atoms with Crippen molar-refractivity contribution < 1.29 is 34.6 Å². The van der Waals surface area contributed by atoms with E-state index in [9.17, 15) is 20.4 Å². The second-order valence-electron chi connectivity index (χ2n) is 6.86. The zero-order chi connectivity index (χ0) is 17.3. The molecule has 23 heavy (non-hydrogen) atoms. The van der Waals surface area contributed by atoms with Crippen LogP contribution in [0.4, 0.5) is 0 Å². The smallest absolute Gasteiger partial charge is 0.184 e. The highest BCUT2D eigenvalue weighted by Crippen LogP contribution is 2.38. The van der Waals surface area contributed by atoms with Crippen molar-refractivity contribution in [3.05, 3.63) is 0 Å². The lowest BCUT2D eigenvalue weighted by molar-refractivity contribution is -0.339. The molecular formula is C16H30O7. The SMILES string of the molecule is CCC1OC(OC2C(O)C(O)OC(CO)C2O)C(C)C(C)C1C. The highest BCUT2D eigenvalue weighted by molar-refractivity contribution is 4.91. The van der Waals surface area contributed by atoms with Gasteiger partial charge in [-0.15, -0.1) is 0 Å². The van der Waals surface area contributed by atoms with Crippen LogP contribution in [0.1, 0.15) is 34.1 Å². The van der Waals surface area contributed by atoms with Crippen molar-refractivity contribution in [3.8, 4) is 0 Å². The van der Waals surface area contributed by atoms with Crippen molar-refractivity contribution in [1.82, 2.24) is 0 Å². The van der Waals surface area contributed by atoms with Crippen molar-refractivity contribution in [1.29, 1.82) is 0 Å². The first-order chi connectivity index (χ1) is 10.8. The first-order valence-corrected chi connectivity index (χ1v) is 8.43. The quantitative estimate of drug-likeness (QED) is 0.566. The molecule has 10 atom stereocenters. The van der Waals surface area contributed by atoms with Crippen LogP contribution in [0.2, 0.25) is 0 Å². The van der Waals surface area contributed by atoms with Crippen LogP contribution in [0.15, 0.2) is 0 Å². The van der Waals surface area contributed by atoms with E-state index in [0.717, 1.165) is 6.42 Å². The highest BCUT2D eigenvalue weighted by Gasteiger charge is 2.48. The van der Waals surface area contributed by atoms with Crippen LogP contribution in [-0.4, -0.2) is 70.1 Å². The van der Waals surface area contributed by atoms with Crippen LogP contribution in [0, 0.1) is 17.8 Å². The fourth-order valence-electron chi connectivity index (χ4n) is 3.49. The fourth-order valence-corrected chi connectivity index (χ4v) is 3.49. The van der Waals surface area contributed by atoms with Gasteiger partial charge in [0.25, 0.3) is 0 Å². The molecule has 0 aromatic rings. The number of hydrogen-bond acceptors (Lipinski definition) is 7. The zero-order valence-electron chi connectivity index (χ0n) is 14.2. The lowest BCUT2D eigenvalue weighted by atomic mass is 9.78. The maximum Gasteiger partial charge on any atom is 0.184 e. The summed E-state index contributed by atoms with van der Waals surface area (Å²) in [6, 6.07) is 0. The van der Waals surface area contributed by atoms with E-state index in [0.29, 0.717) is 11.8 Å². The van der Waals surface area contributed by atoms with Crippen LogP contribution in [0.3, 0.4) is 0 Å². The minimum Gasteiger partial charge on any atom is -0.394 e. The summed E-state index contributed by atoms with van der Waals surface area (Å²) in [5.74, 6) is 0.807. The molecule has 0 radical (unpaired) electrons. The molecule has 0 amide bonds. The van der Waals surface area contributed by atoms with Gasteiger partial charge in [-0.3, -0.25) is 0 Å². The molecule has 2 fully saturated rings. The Morgan fingerprint density at radius 3 is 2.09 bits per heavy atom. The van der Waals surface area contributed by atoms with Gasteiger partial charge in [0.2, 0.25) is 0 Å². The molecule has 2 aliphatic rings. The van der Waals surface area contributed by atoms with Gasteiger partial charge in [-0.2, -0.15) is 0 Å². The van der Waals surface area contributed by atoms with Crippen LogP contribution in [0.25, 0.3) is 0 Å². The maximum absolute atomic E-state index is 10.2. The van der Waals surface area contributed by atoms with Gasteiger partial charge >= 0.3 is 0 Å². The van der Waals surface area contributed by atoms with Gasteiger partial charge in [0, 0.05) is 5.92 Å². The number of ether oxygens (including phenoxy) is 3. The zero-order valence-corrected chi connectivity index (χ0v) is 14.2. The lowest BCUT2D eigenvalue weighted by Gasteiger charge is -2.47. The molecule has 0 aromatic heterocycles. The monoisotopic (exact) mass is 334 g/mol. The summed E-state index contributed by atoms with van der Waals surface area (Å²) in [5.41, 5.74) is 0. The Morgan fingerprint density at radius 1 is 0.870 bits per heavy atom. The predicted molar refractivity (Wildman–Crippen MR) is 81.3 cm³/mol. The molecule has 2 heterocycles. The average Bonchev–Trinajstić information content (AvgIpc) is 2.54. The third-order valence-corrected chi connectivity index (χ3v) is 5.52. The minimum atomic E-state index is -1.52. The molecule has 2 rings (SSSR count). The molecule has 2 saturated heterocycles. The molecule has 0 saturated carbocycles. The van der Waals surface area contributed by atoms with E-state index in [1.54, 1.807) is 0 Å². The minimum absolute atomic E-state index is 0.0406. The van der Waals surface area contributed by atoms with E-state index in [-0.39, 0.29) is 12.0 Å². The summed E-state index contributed by atoms with van der Waals surface area (Å²) < 4.78 is 16.8. The highest BCUT2D eigenvalue weighted by atomic mass is 16.7. The topological polar surface area (TPSA) is 109 Å². The number of hydrogen-bond donors (Lipinski definition) is 4. The Bertz CT molecular complexity index is 377. The summed E-state index contributed by atoms with van der Waals surface area (Å²) >= 11 is 0. The van der Waals surface area contributed by atoms with E-state index >= 15 is 0 Å². The summed E-state index contributed by atoms with van der Waals surface area (Å²) in [7, 11) is 0. The van der Waals surface area contributed by atoms with Gasteiger partial charge in [-0.25, -0.2) is 0 Å². The molecule has 0 aliphatic carbocycles. The van der Waals surface area contributed by atoms with Gasteiger partial charge in [-0.1, -0.05) is 27.7 Å². The second-order valence-corrected chi connectivity index (χ2v) is 6.86. The Hall–Kier alpha value is -0.280. The van der Waals surface area contributed by atoms with Gasteiger partial charge < -0.3 is 34.6 Å². The van der Waals surface area contributed by atoms with Gasteiger partial charge in [0.05, 0.1) is 12.7 Å². The number of aliphatic hydroxyl groups excluding tert-OH is 4. The van der Waals surface area contributed by atoms with Crippen LogP contribution < -0.4 is 0 Å². The van der Waals surface area contributed by atoms with Crippen molar-refractivity contribution in [2.45, 2.75) is 77.2 Å². The van der Waals surface area contributed by atoms with E-state index in [1.165, 1.54) is 0 Å². The van der Waals surface area contributed by atoms with Crippen LogP contribution >= 0.6 is 0 Å². The summed E-state index contributed by atoms with van der Waals surface area (Å²) in [6.45, 7) is 7.87. The third kappa shape index (κ3) is 3.71. The normalized spacial score (nSPS) is 51.7. The molecular weight excluding hydrogens is 304 g/mol. The van der Waals surface area contributed by atoms with Gasteiger partial charge in [-0.05, 0) is 18.3 Å². The van der Waals surface area contributed by atoms with E-state index in [1.807, 2.05) is 13.8 Å². The largest absolute Gasteiger partial charge is 0.394 e. The fraction of sp³-hybridized carbons (Fsp3) is 1.00. The summed E-state index contributed by atoms with van der Waals surface area (Å²) in [6.07, 6.45) is -5.96. The van der Waals surface area contributed by atoms with Crippen molar-refractivity contribution in [2.75, 3.05) is 6.61 Å². The van der Waals surface area contributed by atoms with E-state index < -0.39 is 43.6 Å². The predicted octanol–water partition coefficient (Wildman–Crippen LogP) is -0.154. The first-order valence-electron chi connectivity index (χ1n) is 8.43. The van der Waals surface area contributed by atoms with Crippen molar-refractivity contribution in [3.63, 3.8) is 0 Å². The number of aliphatic hydroxyl groups is 4. The van der Waals surface area contributed by atoms with Gasteiger partial charge in [0.15, 0.2) is 12.6 Å². The van der Waals surface area contributed by atoms with Crippen LogP contribution in [-0.2, 0) is 14.2 Å². The Labute approximate surface area is 137 Å². The molecule has 7 heteroatoms. The van der Waals surface area contributed by atoms with Crippen LogP contribution in [0.5, 0.6) is 0 Å².